The molecule has 39 heavy (non-hydrogen) atoms. The molecule has 3 unspecified atom stereocenters. The number of ketones is 1. The van der Waals surface area contributed by atoms with E-state index in [4.69, 9.17) is 11.6 Å². The van der Waals surface area contributed by atoms with E-state index in [1.54, 1.807) is 48.9 Å². The molecule has 1 fully saturated rings. The molecule has 1 heterocycles. The molecule has 0 spiro atoms. The van der Waals surface area contributed by atoms with Gasteiger partial charge in [0.15, 0.2) is 0 Å². The molecule has 0 aromatic heterocycles. The summed E-state index contributed by atoms with van der Waals surface area (Å²) in [4.78, 5) is 51.7. The SMILES string of the molecule is CCNC(=O)C(=O)C(NC(=O)[C@H](CC(C)C)NC(=O)CCCCC1CCSS1(C)O)[C@@H](C)c1ccc(Cl)cc1. The lowest BCUT2D eigenvalue weighted by atomic mass is 9.89. The average molecular weight is 602 g/mol. The Balaban J connectivity index is 2.06. The van der Waals surface area contributed by atoms with E-state index in [1.807, 2.05) is 20.1 Å². The van der Waals surface area contributed by atoms with E-state index in [0.717, 1.165) is 30.6 Å². The van der Waals surface area contributed by atoms with Gasteiger partial charge in [-0.3, -0.25) is 19.2 Å². The number of likely N-dealkylation sites (N-methyl/N-ethyl adjacent to an activating group) is 1. The van der Waals surface area contributed by atoms with Crippen LogP contribution in [0.2, 0.25) is 5.02 Å². The van der Waals surface area contributed by atoms with Gasteiger partial charge in [0.25, 0.3) is 5.91 Å². The molecule has 1 aromatic rings. The predicted molar refractivity (Wildman–Crippen MR) is 162 cm³/mol. The van der Waals surface area contributed by atoms with Crippen molar-refractivity contribution >= 4 is 55.2 Å². The molecule has 4 N–H and O–H groups in total. The van der Waals surface area contributed by atoms with Gasteiger partial charge in [0.1, 0.15) is 12.1 Å². The van der Waals surface area contributed by atoms with Crippen LogP contribution in [0.4, 0.5) is 0 Å². The van der Waals surface area contributed by atoms with Crippen LogP contribution in [0, 0.1) is 5.92 Å². The highest BCUT2D eigenvalue weighted by Gasteiger charge is 2.35. The molecule has 3 amide bonds. The van der Waals surface area contributed by atoms with E-state index in [1.165, 1.54) is 0 Å². The maximum atomic E-state index is 13.4. The van der Waals surface area contributed by atoms with Crippen LogP contribution in [-0.2, 0) is 19.2 Å². The molecule has 0 saturated carbocycles. The molecule has 1 saturated heterocycles. The second-order valence-corrected chi connectivity index (χ2v) is 16.8. The van der Waals surface area contributed by atoms with Gasteiger partial charge in [0.05, 0.1) is 0 Å². The van der Waals surface area contributed by atoms with E-state index < -0.39 is 44.9 Å². The molecule has 0 bridgehead atoms. The topological polar surface area (TPSA) is 125 Å². The molecule has 1 aliphatic heterocycles. The van der Waals surface area contributed by atoms with Crippen molar-refractivity contribution in [2.24, 2.45) is 5.92 Å². The van der Waals surface area contributed by atoms with Crippen LogP contribution in [0.1, 0.15) is 77.7 Å². The average Bonchev–Trinajstić information content (AvgIpc) is 3.21. The van der Waals surface area contributed by atoms with Gasteiger partial charge in [-0.25, -0.2) is 0 Å². The molecule has 220 valence electrons. The van der Waals surface area contributed by atoms with Crippen LogP contribution in [0.15, 0.2) is 24.3 Å². The van der Waals surface area contributed by atoms with Crippen LogP contribution in [0.3, 0.4) is 0 Å². The summed E-state index contributed by atoms with van der Waals surface area (Å²) in [5.41, 5.74) is 0.744. The highest BCUT2D eigenvalue weighted by molar-refractivity contribution is 8.92. The summed E-state index contributed by atoms with van der Waals surface area (Å²) >= 11 is 6.01. The molecule has 8 nitrogen and oxygen atoms in total. The number of rotatable bonds is 15. The molecule has 1 aliphatic rings. The fourth-order valence-corrected chi connectivity index (χ4v) is 9.47. The molecular formula is C28H44ClN3O5S2. The van der Waals surface area contributed by atoms with E-state index in [-0.39, 0.29) is 24.8 Å². The zero-order valence-corrected chi connectivity index (χ0v) is 26.0. The smallest absolute Gasteiger partial charge is 0.289 e. The largest absolute Gasteiger partial charge is 0.350 e. The van der Waals surface area contributed by atoms with Gasteiger partial charge in [-0.1, -0.05) is 71.1 Å². The number of carbonyl (C=O) groups excluding carboxylic acids is 4. The number of unbranched alkanes of at least 4 members (excludes halogenated alkanes) is 1. The monoisotopic (exact) mass is 601 g/mol. The predicted octanol–water partition coefficient (Wildman–Crippen LogP) is 5.05. The third kappa shape index (κ3) is 10.6. The van der Waals surface area contributed by atoms with Gasteiger partial charge in [-0.15, -0.1) is 0 Å². The Morgan fingerprint density at radius 2 is 1.77 bits per heavy atom. The van der Waals surface area contributed by atoms with Crippen molar-refractivity contribution in [3.8, 4) is 0 Å². The number of amides is 3. The van der Waals surface area contributed by atoms with E-state index in [9.17, 15) is 23.7 Å². The van der Waals surface area contributed by atoms with Gasteiger partial charge in [0, 0.05) is 34.9 Å². The molecule has 2 rings (SSSR count). The Bertz CT molecular complexity index is 990. The minimum atomic E-state index is -1.59. The summed E-state index contributed by atoms with van der Waals surface area (Å²) in [6, 6.07) is 4.95. The molecule has 5 atom stereocenters. The summed E-state index contributed by atoms with van der Waals surface area (Å²) in [5.74, 6) is -1.65. The van der Waals surface area contributed by atoms with Crippen molar-refractivity contribution in [3.05, 3.63) is 34.9 Å². The van der Waals surface area contributed by atoms with Gasteiger partial charge >= 0.3 is 0 Å². The number of Topliss-reactive ketones (excluding diaryl/α,β-unsaturated/α-hetero) is 1. The fraction of sp³-hybridized carbons (Fsp3) is 0.643. The van der Waals surface area contributed by atoms with Crippen LogP contribution < -0.4 is 16.0 Å². The van der Waals surface area contributed by atoms with Crippen LogP contribution in [-0.4, -0.2) is 63.9 Å². The Labute approximate surface area is 243 Å². The maximum absolute atomic E-state index is 13.4. The van der Waals surface area contributed by atoms with Crippen LogP contribution >= 0.6 is 31.7 Å². The zero-order chi connectivity index (χ0) is 29.2. The number of hydrogen-bond donors (Lipinski definition) is 4. The first-order chi connectivity index (χ1) is 18.4. The van der Waals surface area contributed by atoms with Crippen molar-refractivity contribution < 1.29 is 23.7 Å². The number of carbonyl (C=O) groups is 4. The number of halogens is 1. The lowest BCUT2D eigenvalue weighted by Crippen LogP contribution is -2.55. The summed E-state index contributed by atoms with van der Waals surface area (Å²) in [6.45, 7) is 7.67. The molecular weight excluding hydrogens is 558 g/mol. The van der Waals surface area contributed by atoms with Crippen molar-refractivity contribution in [1.82, 2.24) is 16.0 Å². The first-order valence-electron chi connectivity index (χ1n) is 13.7. The number of nitrogens with one attached hydrogen (secondary N) is 3. The second-order valence-electron chi connectivity index (χ2n) is 10.6. The van der Waals surface area contributed by atoms with Crippen LogP contribution in [0.5, 0.6) is 0 Å². The van der Waals surface area contributed by atoms with Gasteiger partial charge in [-0.05, 0) is 62.5 Å². The van der Waals surface area contributed by atoms with Crippen molar-refractivity contribution in [2.75, 3.05) is 18.6 Å². The third-order valence-electron chi connectivity index (χ3n) is 6.96. The molecule has 0 radical (unpaired) electrons. The minimum Gasteiger partial charge on any atom is -0.350 e. The van der Waals surface area contributed by atoms with E-state index in [0.29, 0.717) is 23.1 Å². The lowest BCUT2D eigenvalue weighted by molar-refractivity contribution is -0.140. The molecule has 11 heteroatoms. The quantitative estimate of drug-likeness (QED) is 0.127. The Morgan fingerprint density at radius 1 is 1.10 bits per heavy atom. The van der Waals surface area contributed by atoms with Crippen molar-refractivity contribution in [3.63, 3.8) is 0 Å². The summed E-state index contributed by atoms with van der Waals surface area (Å²) in [7, 11) is 0.0728. The molecule has 0 aliphatic carbocycles. The highest BCUT2D eigenvalue weighted by atomic mass is 35.5. The van der Waals surface area contributed by atoms with Crippen molar-refractivity contribution in [1.29, 1.82) is 0 Å². The summed E-state index contributed by atoms with van der Waals surface area (Å²) < 4.78 is 10.5. The normalized spacial score (nSPS) is 22.8. The highest BCUT2D eigenvalue weighted by Crippen LogP contribution is 2.64. The van der Waals surface area contributed by atoms with Crippen LogP contribution in [0.25, 0.3) is 0 Å². The fourth-order valence-electron chi connectivity index (χ4n) is 4.67. The number of benzene rings is 1. The maximum Gasteiger partial charge on any atom is 0.289 e. The first kappa shape index (κ1) is 33.5. The van der Waals surface area contributed by atoms with Gasteiger partial charge < -0.3 is 20.5 Å². The molecule has 1 aromatic carbocycles. The summed E-state index contributed by atoms with van der Waals surface area (Å²) in [6.07, 6.45) is 6.02. The minimum absolute atomic E-state index is 0.109. The van der Waals surface area contributed by atoms with E-state index >= 15 is 0 Å². The van der Waals surface area contributed by atoms with E-state index in [2.05, 4.69) is 16.0 Å². The summed E-state index contributed by atoms with van der Waals surface area (Å²) in [5, 5.41) is 8.98. The zero-order valence-electron chi connectivity index (χ0n) is 23.6. The van der Waals surface area contributed by atoms with Crippen molar-refractivity contribution in [2.45, 2.75) is 89.5 Å². The Morgan fingerprint density at radius 3 is 2.33 bits per heavy atom. The Hall–Kier alpha value is -1.75. The lowest BCUT2D eigenvalue weighted by Gasteiger charge is -2.29. The second kappa shape index (κ2) is 15.9. The van der Waals surface area contributed by atoms with Gasteiger partial charge in [0.2, 0.25) is 17.6 Å². The first-order valence-corrected chi connectivity index (χ1v) is 17.6. The van der Waals surface area contributed by atoms with Gasteiger partial charge in [-0.2, -0.15) is 0 Å². The number of hydrogen-bond acceptors (Lipinski definition) is 6. The Kier molecular flexibility index (Phi) is 13.6. The standard InChI is InChI=1S/C28H44ClN3O5S2/c1-6-30-28(36)26(34)25(19(4)20-11-13-21(29)14-12-20)32-27(35)23(17-18(2)3)31-24(33)10-8-7-9-22-15-16-38-39(22,5)37/h11-14,18-19,22-23,25,37H,6-10,15-17H2,1-5H3,(H,30,36)(H,31,33)(H,32,35)/t19-,22?,23-,25?/m0/s1. The third-order valence-corrected chi connectivity index (χ3v) is 12.5.